The highest BCUT2D eigenvalue weighted by molar-refractivity contribution is 5.35. The molecule has 1 N–H and O–H groups in total. The predicted octanol–water partition coefficient (Wildman–Crippen LogP) is 2.27. The van der Waals surface area contributed by atoms with Crippen molar-refractivity contribution in [3.8, 4) is 6.07 Å². The first-order valence-electron chi connectivity index (χ1n) is 5.11. The summed E-state index contributed by atoms with van der Waals surface area (Å²) >= 11 is 0. The summed E-state index contributed by atoms with van der Waals surface area (Å²) in [4.78, 5) is 0. The van der Waals surface area contributed by atoms with Crippen molar-refractivity contribution in [1.82, 2.24) is 5.32 Å². The molecule has 0 spiro atoms. The van der Waals surface area contributed by atoms with Crippen LogP contribution in [0.4, 0.5) is 0 Å². The summed E-state index contributed by atoms with van der Waals surface area (Å²) in [5, 5.41) is 11.9. The van der Waals surface area contributed by atoms with E-state index in [1.807, 2.05) is 32.0 Å². The van der Waals surface area contributed by atoms with E-state index in [-0.39, 0.29) is 0 Å². The van der Waals surface area contributed by atoms with Gasteiger partial charge in [0, 0.05) is 19.0 Å². The van der Waals surface area contributed by atoms with Crippen LogP contribution in [0, 0.1) is 11.3 Å². The quantitative estimate of drug-likeness (QED) is 0.734. The van der Waals surface area contributed by atoms with Gasteiger partial charge in [0.1, 0.15) is 0 Å². The van der Waals surface area contributed by atoms with Crippen LogP contribution in [-0.2, 0) is 0 Å². The second-order valence-electron chi connectivity index (χ2n) is 3.09. The van der Waals surface area contributed by atoms with Gasteiger partial charge in [-0.05, 0) is 17.7 Å². The molecule has 0 bridgehead atoms. The molecule has 1 aliphatic heterocycles. The van der Waals surface area contributed by atoms with Crippen LogP contribution in [0.3, 0.4) is 0 Å². The molecule has 1 fully saturated rings. The molecule has 0 aromatic heterocycles. The molecule has 0 amide bonds. The number of nitrogens with one attached hydrogen (secondary N) is 1. The van der Waals surface area contributed by atoms with E-state index in [0.29, 0.717) is 5.92 Å². The van der Waals surface area contributed by atoms with E-state index in [1.165, 1.54) is 5.56 Å². The predicted molar refractivity (Wildman–Crippen MR) is 58.1 cm³/mol. The lowest BCUT2D eigenvalue weighted by molar-refractivity contribution is 0.448. The van der Waals surface area contributed by atoms with E-state index < -0.39 is 0 Å². The Morgan fingerprint density at radius 2 is 2.07 bits per heavy atom. The molecule has 14 heavy (non-hydrogen) atoms. The van der Waals surface area contributed by atoms with Crippen LogP contribution >= 0.6 is 0 Å². The largest absolute Gasteiger partial charge is 0.315 e. The normalized spacial score (nSPS) is 14.6. The summed E-state index contributed by atoms with van der Waals surface area (Å²) in [5.74, 6) is 0.623. The molecule has 1 aliphatic rings. The second-order valence-corrected chi connectivity index (χ2v) is 3.09. The molecule has 1 saturated heterocycles. The van der Waals surface area contributed by atoms with Gasteiger partial charge in [-0.2, -0.15) is 5.26 Å². The Balaban J connectivity index is 0.000000461. The molecule has 2 heteroatoms. The summed E-state index contributed by atoms with van der Waals surface area (Å²) in [5.41, 5.74) is 2.05. The molecule has 1 aromatic rings. The van der Waals surface area contributed by atoms with Crippen molar-refractivity contribution in [3.63, 3.8) is 0 Å². The van der Waals surface area contributed by atoms with Gasteiger partial charge in [-0.3, -0.25) is 0 Å². The Labute approximate surface area is 85.6 Å². The molecule has 0 unspecified atom stereocenters. The van der Waals surface area contributed by atoms with Crippen LogP contribution < -0.4 is 5.32 Å². The van der Waals surface area contributed by atoms with Gasteiger partial charge in [0.15, 0.2) is 0 Å². The monoisotopic (exact) mass is 188 g/mol. The Hall–Kier alpha value is -1.33. The maximum atomic E-state index is 8.67. The maximum absolute atomic E-state index is 8.67. The number of rotatable bonds is 1. The van der Waals surface area contributed by atoms with Crippen LogP contribution in [0.15, 0.2) is 24.3 Å². The van der Waals surface area contributed by atoms with Gasteiger partial charge >= 0.3 is 0 Å². The van der Waals surface area contributed by atoms with Crippen molar-refractivity contribution in [2.24, 2.45) is 0 Å². The third-order valence-corrected chi connectivity index (χ3v) is 2.27. The summed E-state index contributed by atoms with van der Waals surface area (Å²) in [6.45, 7) is 6.10. The Morgan fingerprint density at radius 1 is 1.36 bits per heavy atom. The van der Waals surface area contributed by atoms with E-state index in [4.69, 9.17) is 5.26 Å². The van der Waals surface area contributed by atoms with Gasteiger partial charge in [0.05, 0.1) is 11.6 Å². The lowest BCUT2D eigenvalue weighted by atomic mass is 9.93. The molecule has 1 heterocycles. The fourth-order valence-electron chi connectivity index (χ4n) is 1.39. The van der Waals surface area contributed by atoms with E-state index in [1.54, 1.807) is 0 Å². The number of nitriles is 1. The summed E-state index contributed by atoms with van der Waals surface area (Å²) in [6, 6.07) is 10.0. The summed E-state index contributed by atoms with van der Waals surface area (Å²) in [7, 11) is 0. The van der Waals surface area contributed by atoms with Crippen LogP contribution in [-0.4, -0.2) is 13.1 Å². The maximum Gasteiger partial charge on any atom is 0.0991 e. The molecular weight excluding hydrogens is 172 g/mol. The molecule has 2 rings (SSSR count). The average Bonchev–Trinajstić information content (AvgIpc) is 2.19. The standard InChI is InChI=1S/C10H10N2.C2H6/c11-5-8-2-1-3-9(4-8)10-6-12-7-10;1-2/h1-4,10,12H,6-7H2;1-2H3. The first-order valence-corrected chi connectivity index (χ1v) is 5.11. The number of hydrogen-bond donors (Lipinski definition) is 1. The Kier molecular flexibility index (Phi) is 4.15. The molecule has 74 valence electrons. The van der Waals surface area contributed by atoms with Gasteiger partial charge in [-0.15, -0.1) is 0 Å². The van der Waals surface area contributed by atoms with Crippen molar-refractivity contribution < 1.29 is 0 Å². The average molecular weight is 188 g/mol. The van der Waals surface area contributed by atoms with Crippen molar-refractivity contribution >= 4 is 0 Å². The molecule has 0 saturated carbocycles. The number of nitrogens with zero attached hydrogens (tertiary/aromatic N) is 1. The van der Waals surface area contributed by atoms with Gasteiger partial charge in [0.2, 0.25) is 0 Å². The van der Waals surface area contributed by atoms with Gasteiger partial charge in [-0.1, -0.05) is 26.0 Å². The minimum atomic E-state index is 0.623. The zero-order chi connectivity index (χ0) is 10.4. The zero-order valence-corrected chi connectivity index (χ0v) is 8.75. The van der Waals surface area contributed by atoms with Crippen LogP contribution in [0.5, 0.6) is 0 Å². The fraction of sp³-hybridized carbons (Fsp3) is 0.417. The number of benzene rings is 1. The van der Waals surface area contributed by atoms with Crippen LogP contribution in [0.1, 0.15) is 30.9 Å². The highest BCUT2D eigenvalue weighted by Gasteiger charge is 2.18. The van der Waals surface area contributed by atoms with Crippen LogP contribution in [0.25, 0.3) is 0 Å². The molecular formula is C12H16N2. The van der Waals surface area contributed by atoms with Gasteiger partial charge in [-0.25, -0.2) is 0 Å². The third-order valence-electron chi connectivity index (χ3n) is 2.27. The van der Waals surface area contributed by atoms with E-state index in [2.05, 4.69) is 17.5 Å². The number of hydrogen-bond acceptors (Lipinski definition) is 2. The van der Waals surface area contributed by atoms with E-state index >= 15 is 0 Å². The molecule has 0 aliphatic carbocycles. The van der Waals surface area contributed by atoms with Crippen molar-refractivity contribution in [3.05, 3.63) is 35.4 Å². The highest BCUT2D eigenvalue weighted by atomic mass is 14.9. The SMILES string of the molecule is CC.N#Cc1cccc(C2CNC2)c1. The molecule has 2 nitrogen and oxygen atoms in total. The van der Waals surface area contributed by atoms with E-state index in [0.717, 1.165) is 18.7 Å². The lowest BCUT2D eigenvalue weighted by Gasteiger charge is -2.27. The van der Waals surface area contributed by atoms with Crippen molar-refractivity contribution in [2.75, 3.05) is 13.1 Å². The van der Waals surface area contributed by atoms with Crippen molar-refractivity contribution in [2.45, 2.75) is 19.8 Å². The third kappa shape index (κ3) is 2.34. The first kappa shape index (κ1) is 10.7. The Bertz CT molecular complexity index is 321. The van der Waals surface area contributed by atoms with Gasteiger partial charge < -0.3 is 5.32 Å². The smallest absolute Gasteiger partial charge is 0.0991 e. The zero-order valence-electron chi connectivity index (χ0n) is 8.75. The minimum Gasteiger partial charge on any atom is -0.315 e. The highest BCUT2D eigenvalue weighted by Crippen LogP contribution is 2.20. The topological polar surface area (TPSA) is 35.8 Å². The summed E-state index contributed by atoms with van der Waals surface area (Å²) < 4.78 is 0. The Morgan fingerprint density at radius 3 is 2.57 bits per heavy atom. The lowest BCUT2D eigenvalue weighted by Crippen LogP contribution is -2.39. The first-order chi connectivity index (χ1) is 6.90. The molecule has 1 aromatic carbocycles. The summed E-state index contributed by atoms with van der Waals surface area (Å²) in [6.07, 6.45) is 0. The fourth-order valence-corrected chi connectivity index (χ4v) is 1.39. The molecule has 0 atom stereocenters. The van der Waals surface area contributed by atoms with Crippen LogP contribution in [0.2, 0.25) is 0 Å². The molecule has 0 radical (unpaired) electrons. The van der Waals surface area contributed by atoms with Crippen molar-refractivity contribution in [1.29, 1.82) is 5.26 Å². The van der Waals surface area contributed by atoms with E-state index in [9.17, 15) is 0 Å². The second kappa shape index (κ2) is 5.41. The van der Waals surface area contributed by atoms with Gasteiger partial charge in [0.25, 0.3) is 0 Å². The minimum absolute atomic E-state index is 0.623.